The second-order valence-electron chi connectivity index (χ2n) is 19.5. The predicted octanol–water partition coefficient (Wildman–Crippen LogP) is 12.7. The van der Waals surface area contributed by atoms with Crippen LogP contribution in [0.25, 0.3) is 33.4 Å². The molecule has 0 spiro atoms. The normalized spacial score (nSPS) is 20.3. The van der Waals surface area contributed by atoms with E-state index in [1.807, 2.05) is 0 Å². The van der Waals surface area contributed by atoms with E-state index in [9.17, 15) is 0 Å². The van der Waals surface area contributed by atoms with Crippen LogP contribution in [0.2, 0.25) is 0 Å². The van der Waals surface area contributed by atoms with E-state index in [1.165, 1.54) is 68.7 Å². The van der Waals surface area contributed by atoms with Gasteiger partial charge in [-0.25, -0.2) is 0 Å². The van der Waals surface area contributed by atoms with Gasteiger partial charge in [0, 0.05) is 27.9 Å². The Kier molecular flexibility index (Phi) is 8.87. The van der Waals surface area contributed by atoms with Crippen molar-refractivity contribution in [2.75, 3.05) is 10.6 Å². The standard InChI is InChI=1S/C50H59BN2/c1-46(2,3)35-21-19-33(20-22-35)44-39(38-24-23-36(31-42(38)52)47(4,5)6)27-34(32-17-13-12-14-18-32)28-43(44)53-45-40(29-37(30-41(45)51)48(7,8)9)49(10)25-15-16-26-50(49,53)11/h12-14,17-24,27-31H,15-16,25-26,52H2,1-11H3. The van der Waals surface area contributed by atoms with Crippen molar-refractivity contribution in [3.05, 3.63) is 119 Å². The number of anilines is 3. The molecular formula is C50H59BN2. The molecule has 0 amide bonds. The van der Waals surface area contributed by atoms with Gasteiger partial charge in [-0.2, -0.15) is 0 Å². The van der Waals surface area contributed by atoms with Gasteiger partial charge in [0.15, 0.2) is 0 Å². The number of fused-ring (bicyclic) bond motifs is 3. The third kappa shape index (κ3) is 6.23. The minimum atomic E-state index is -0.202. The van der Waals surface area contributed by atoms with Crippen LogP contribution in [-0.2, 0) is 21.7 Å². The summed E-state index contributed by atoms with van der Waals surface area (Å²) in [7, 11) is 7.34. The highest BCUT2D eigenvalue weighted by Crippen LogP contribution is 2.62. The first kappa shape index (κ1) is 37.1. The average molecular weight is 699 g/mol. The molecule has 5 aromatic rings. The molecule has 1 aliphatic heterocycles. The number of rotatable bonds is 4. The van der Waals surface area contributed by atoms with Crippen LogP contribution >= 0.6 is 0 Å². The van der Waals surface area contributed by atoms with Gasteiger partial charge in [-0.1, -0.05) is 166 Å². The molecule has 2 atom stereocenters. The van der Waals surface area contributed by atoms with E-state index in [0.29, 0.717) is 0 Å². The molecule has 2 N–H and O–H groups in total. The molecule has 0 saturated heterocycles. The average Bonchev–Trinajstić information content (AvgIpc) is 3.30. The van der Waals surface area contributed by atoms with E-state index in [0.717, 1.165) is 35.1 Å². The zero-order valence-electron chi connectivity index (χ0n) is 34.2. The van der Waals surface area contributed by atoms with Crippen LogP contribution in [0.5, 0.6) is 0 Å². The van der Waals surface area contributed by atoms with Crippen LogP contribution in [0.4, 0.5) is 17.1 Å². The second kappa shape index (κ2) is 12.7. The lowest BCUT2D eigenvalue weighted by molar-refractivity contribution is 0.195. The first-order valence-corrected chi connectivity index (χ1v) is 19.7. The minimum absolute atomic E-state index is 0.0158. The summed E-state index contributed by atoms with van der Waals surface area (Å²) in [5.74, 6) is 0. The molecule has 1 heterocycles. The lowest BCUT2D eigenvalue weighted by Crippen LogP contribution is -2.55. The van der Waals surface area contributed by atoms with Crippen LogP contribution in [0.1, 0.15) is 124 Å². The van der Waals surface area contributed by atoms with E-state index in [-0.39, 0.29) is 27.2 Å². The van der Waals surface area contributed by atoms with Gasteiger partial charge in [-0.15, -0.1) is 0 Å². The molecule has 53 heavy (non-hydrogen) atoms. The number of hydrogen-bond donors (Lipinski definition) is 1. The van der Waals surface area contributed by atoms with Crippen molar-refractivity contribution >= 4 is 30.4 Å². The minimum Gasteiger partial charge on any atom is -0.398 e. The van der Waals surface area contributed by atoms with E-state index in [1.54, 1.807) is 0 Å². The molecule has 2 radical (unpaired) electrons. The molecule has 2 unspecified atom stereocenters. The Labute approximate surface area is 321 Å². The van der Waals surface area contributed by atoms with Gasteiger partial charge >= 0.3 is 0 Å². The topological polar surface area (TPSA) is 29.3 Å². The van der Waals surface area contributed by atoms with Crippen molar-refractivity contribution in [3.63, 3.8) is 0 Å². The Morgan fingerprint density at radius 3 is 1.79 bits per heavy atom. The van der Waals surface area contributed by atoms with Crippen molar-refractivity contribution in [2.24, 2.45) is 0 Å². The zero-order chi connectivity index (χ0) is 38.3. The molecule has 3 heteroatoms. The van der Waals surface area contributed by atoms with Gasteiger partial charge in [0.05, 0.1) is 11.2 Å². The molecule has 272 valence electrons. The van der Waals surface area contributed by atoms with Crippen LogP contribution < -0.4 is 16.1 Å². The van der Waals surface area contributed by atoms with Crippen LogP contribution in [-0.4, -0.2) is 13.4 Å². The summed E-state index contributed by atoms with van der Waals surface area (Å²) in [5.41, 5.74) is 23.0. The second-order valence-corrected chi connectivity index (χ2v) is 19.5. The van der Waals surface area contributed by atoms with Crippen molar-refractivity contribution in [2.45, 2.75) is 129 Å². The molecule has 7 rings (SSSR count). The van der Waals surface area contributed by atoms with E-state index in [4.69, 9.17) is 13.6 Å². The summed E-state index contributed by atoms with van der Waals surface area (Å²) < 4.78 is 0. The Bertz CT molecular complexity index is 2180. The molecule has 0 aromatic heterocycles. The number of nitrogens with two attached hydrogens (primary N) is 1. The molecular weight excluding hydrogens is 639 g/mol. The Balaban J connectivity index is 1.63. The fourth-order valence-electron chi connectivity index (χ4n) is 9.20. The maximum absolute atomic E-state index is 7.34. The lowest BCUT2D eigenvalue weighted by Gasteiger charge is -2.51. The van der Waals surface area contributed by atoms with Crippen molar-refractivity contribution in [1.29, 1.82) is 0 Å². The smallest absolute Gasteiger partial charge is 0.116 e. The fraction of sp³-hybridized carbons (Fsp3) is 0.400. The van der Waals surface area contributed by atoms with Crippen molar-refractivity contribution in [1.82, 2.24) is 0 Å². The highest BCUT2D eigenvalue weighted by molar-refractivity contribution is 6.37. The van der Waals surface area contributed by atoms with E-state index in [2.05, 4.69) is 178 Å². The van der Waals surface area contributed by atoms with Gasteiger partial charge in [0.2, 0.25) is 0 Å². The maximum Gasteiger partial charge on any atom is 0.116 e. The zero-order valence-corrected chi connectivity index (χ0v) is 34.2. The first-order chi connectivity index (χ1) is 24.7. The third-order valence-electron chi connectivity index (χ3n) is 12.8. The summed E-state index contributed by atoms with van der Waals surface area (Å²) in [5, 5.41) is 0. The van der Waals surface area contributed by atoms with Crippen LogP contribution in [0.3, 0.4) is 0 Å². The molecule has 5 aromatic carbocycles. The number of nitrogen functional groups attached to an aromatic ring is 1. The van der Waals surface area contributed by atoms with Gasteiger partial charge in [-0.3, -0.25) is 0 Å². The fourth-order valence-corrected chi connectivity index (χ4v) is 9.20. The quantitative estimate of drug-likeness (QED) is 0.150. The molecule has 0 bridgehead atoms. The molecule has 2 aliphatic rings. The molecule has 2 nitrogen and oxygen atoms in total. The molecule has 1 aliphatic carbocycles. The molecule has 1 saturated carbocycles. The van der Waals surface area contributed by atoms with Gasteiger partial charge < -0.3 is 10.6 Å². The van der Waals surface area contributed by atoms with Crippen molar-refractivity contribution < 1.29 is 0 Å². The first-order valence-electron chi connectivity index (χ1n) is 19.7. The monoisotopic (exact) mass is 698 g/mol. The molecule has 1 fully saturated rings. The van der Waals surface area contributed by atoms with Crippen molar-refractivity contribution in [3.8, 4) is 33.4 Å². The Morgan fingerprint density at radius 1 is 0.585 bits per heavy atom. The van der Waals surface area contributed by atoms with Crippen LogP contribution in [0, 0.1) is 0 Å². The number of hydrogen-bond acceptors (Lipinski definition) is 2. The van der Waals surface area contributed by atoms with E-state index < -0.39 is 0 Å². The SMILES string of the molecule is [B]c1cc(C(C)(C)C)cc2c1N(c1cc(-c3ccccc3)cc(-c3ccc(C(C)(C)C)cc3N)c1-c1ccc(C(C)(C)C)cc1)C1(C)CCCCC21C. The number of nitrogens with zero attached hydrogens (tertiary/aromatic N) is 1. The Morgan fingerprint density at radius 2 is 1.19 bits per heavy atom. The largest absolute Gasteiger partial charge is 0.398 e. The van der Waals surface area contributed by atoms with Gasteiger partial charge in [0.25, 0.3) is 0 Å². The maximum atomic E-state index is 7.34. The summed E-state index contributed by atoms with van der Waals surface area (Å²) in [4.78, 5) is 2.69. The van der Waals surface area contributed by atoms with Crippen LogP contribution in [0.15, 0.2) is 97.1 Å². The summed E-state index contributed by atoms with van der Waals surface area (Å²) >= 11 is 0. The highest BCUT2D eigenvalue weighted by atomic mass is 15.3. The summed E-state index contributed by atoms with van der Waals surface area (Å²) in [6, 6.07) is 36.4. The Hall–Kier alpha value is -4.24. The predicted molar refractivity (Wildman–Crippen MR) is 231 cm³/mol. The third-order valence-corrected chi connectivity index (χ3v) is 12.8. The van der Waals surface area contributed by atoms with Gasteiger partial charge in [-0.05, 0) is 98.7 Å². The van der Waals surface area contributed by atoms with Gasteiger partial charge in [0.1, 0.15) is 7.85 Å². The van der Waals surface area contributed by atoms with E-state index >= 15 is 0 Å². The highest BCUT2D eigenvalue weighted by Gasteiger charge is 2.58. The summed E-state index contributed by atoms with van der Waals surface area (Å²) in [6.45, 7) is 25.5. The summed E-state index contributed by atoms with van der Waals surface area (Å²) in [6.07, 6.45) is 4.61. The number of benzene rings is 5. The lowest BCUT2D eigenvalue weighted by atomic mass is 9.61.